The van der Waals surface area contributed by atoms with Gasteiger partial charge in [0.25, 0.3) is 5.91 Å². The highest BCUT2D eigenvalue weighted by molar-refractivity contribution is 5.94. The van der Waals surface area contributed by atoms with Crippen molar-refractivity contribution in [3.05, 3.63) is 29.6 Å². The number of nitrogens with zero attached hydrogens (tertiary/aromatic N) is 2. The maximum atomic E-state index is 13.9. The summed E-state index contributed by atoms with van der Waals surface area (Å²) < 4.78 is 18.9. The molecule has 3 fully saturated rings. The number of fused-ring (bicyclic) bond motifs is 4. The summed E-state index contributed by atoms with van der Waals surface area (Å²) in [7, 11) is 1.41. The van der Waals surface area contributed by atoms with Gasteiger partial charge in [-0.1, -0.05) is 0 Å². The number of carbonyl (C=O) groups is 2. The van der Waals surface area contributed by atoms with Gasteiger partial charge in [-0.3, -0.25) is 9.59 Å². The molecule has 134 valence electrons. The lowest BCUT2D eigenvalue weighted by atomic mass is 9.76. The summed E-state index contributed by atoms with van der Waals surface area (Å²) in [5.74, 6) is 0.417. The molecule has 1 aromatic carbocycles. The highest BCUT2D eigenvalue weighted by atomic mass is 19.1. The predicted molar refractivity (Wildman–Crippen MR) is 89.8 cm³/mol. The first-order valence-corrected chi connectivity index (χ1v) is 8.99. The van der Waals surface area contributed by atoms with Crippen LogP contribution in [0.2, 0.25) is 0 Å². The van der Waals surface area contributed by atoms with Gasteiger partial charge in [-0.2, -0.15) is 0 Å². The summed E-state index contributed by atoms with van der Waals surface area (Å²) in [6.07, 6.45) is 3.71. The molecule has 25 heavy (non-hydrogen) atoms. The van der Waals surface area contributed by atoms with Gasteiger partial charge in [-0.25, -0.2) is 4.39 Å². The molecule has 0 aliphatic carbocycles. The Labute approximate surface area is 146 Å². The summed E-state index contributed by atoms with van der Waals surface area (Å²) in [4.78, 5) is 28.9. The van der Waals surface area contributed by atoms with Crippen LogP contribution >= 0.6 is 0 Å². The van der Waals surface area contributed by atoms with E-state index < -0.39 is 5.82 Å². The Kier molecular flexibility index (Phi) is 4.13. The molecule has 0 radical (unpaired) electrons. The number of piperidine rings is 3. The van der Waals surface area contributed by atoms with Crippen LogP contribution in [-0.4, -0.2) is 54.4 Å². The van der Waals surface area contributed by atoms with Crippen LogP contribution in [0.4, 0.5) is 4.39 Å². The molecule has 2 amide bonds. The largest absolute Gasteiger partial charge is 0.494 e. The van der Waals surface area contributed by atoms with Gasteiger partial charge in [0.15, 0.2) is 11.6 Å². The van der Waals surface area contributed by atoms with Crippen LogP contribution in [0, 0.1) is 17.7 Å². The summed E-state index contributed by atoms with van der Waals surface area (Å²) in [5.41, 5.74) is 0.356. The number of hydrogen-bond donors (Lipinski definition) is 0. The van der Waals surface area contributed by atoms with E-state index in [1.807, 2.05) is 4.90 Å². The van der Waals surface area contributed by atoms with Crippen molar-refractivity contribution in [2.75, 3.05) is 26.7 Å². The number of methoxy groups -OCH3 is 1. The molecule has 0 N–H and O–H groups in total. The maximum absolute atomic E-state index is 13.9. The summed E-state index contributed by atoms with van der Waals surface area (Å²) in [6, 6.07) is 4.63. The first-order valence-electron chi connectivity index (χ1n) is 8.99. The highest BCUT2D eigenvalue weighted by Gasteiger charge is 2.44. The van der Waals surface area contributed by atoms with Gasteiger partial charge in [0, 0.05) is 37.7 Å². The molecule has 6 heteroatoms. The van der Waals surface area contributed by atoms with Crippen molar-refractivity contribution in [2.45, 2.75) is 31.7 Å². The number of hydrogen-bond acceptors (Lipinski definition) is 3. The Balaban J connectivity index is 1.52. The fourth-order valence-corrected chi connectivity index (χ4v) is 4.76. The van der Waals surface area contributed by atoms with Crippen molar-refractivity contribution in [3.8, 4) is 5.75 Å². The lowest BCUT2D eigenvalue weighted by Crippen LogP contribution is -2.61. The van der Waals surface area contributed by atoms with Crippen LogP contribution in [0.15, 0.2) is 18.2 Å². The second kappa shape index (κ2) is 6.32. The fraction of sp³-hybridized carbons (Fsp3) is 0.579. The van der Waals surface area contributed by atoms with Gasteiger partial charge >= 0.3 is 0 Å². The topological polar surface area (TPSA) is 49.9 Å². The Morgan fingerprint density at radius 3 is 2.88 bits per heavy atom. The van der Waals surface area contributed by atoms with Gasteiger partial charge in [-0.15, -0.1) is 0 Å². The lowest BCUT2D eigenvalue weighted by molar-refractivity contribution is -0.144. The van der Waals surface area contributed by atoms with Gasteiger partial charge in [0.1, 0.15) is 0 Å². The molecule has 3 aliphatic rings. The van der Waals surface area contributed by atoms with E-state index in [2.05, 4.69) is 4.90 Å². The summed E-state index contributed by atoms with van der Waals surface area (Å²) >= 11 is 0. The predicted octanol–water partition coefficient (Wildman–Crippen LogP) is 2.31. The quantitative estimate of drug-likeness (QED) is 0.826. The minimum absolute atomic E-state index is 0.133. The maximum Gasteiger partial charge on any atom is 0.253 e. The molecule has 4 rings (SSSR count). The van der Waals surface area contributed by atoms with Crippen molar-refractivity contribution in [1.29, 1.82) is 0 Å². The number of halogens is 1. The van der Waals surface area contributed by atoms with Gasteiger partial charge < -0.3 is 14.5 Å². The van der Waals surface area contributed by atoms with E-state index in [-0.39, 0.29) is 23.6 Å². The second-order valence-corrected chi connectivity index (χ2v) is 7.43. The Hall–Kier alpha value is -2.11. The first-order chi connectivity index (χ1) is 12.1. The molecule has 0 saturated carbocycles. The lowest BCUT2D eigenvalue weighted by Gasteiger charge is -2.52. The summed E-state index contributed by atoms with van der Waals surface area (Å²) in [5, 5.41) is 0. The number of ether oxygens (including phenoxy) is 1. The van der Waals surface area contributed by atoms with Crippen LogP contribution in [-0.2, 0) is 4.79 Å². The zero-order valence-corrected chi connectivity index (χ0v) is 14.4. The second-order valence-electron chi connectivity index (χ2n) is 7.43. The Morgan fingerprint density at radius 2 is 2.12 bits per heavy atom. The SMILES string of the molecule is COc1ccc(C(=O)N2CC3CC(C2)[C@H]2CCCC(=O)N2C3)cc1F. The zero-order valence-electron chi connectivity index (χ0n) is 14.4. The third-order valence-corrected chi connectivity index (χ3v) is 5.87. The molecule has 3 heterocycles. The molecule has 3 aliphatic heterocycles. The molecule has 1 aromatic rings. The molecular formula is C19H23FN2O3. The third-order valence-electron chi connectivity index (χ3n) is 5.87. The van der Waals surface area contributed by atoms with Crippen molar-refractivity contribution >= 4 is 11.8 Å². The van der Waals surface area contributed by atoms with Crippen molar-refractivity contribution in [3.63, 3.8) is 0 Å². The summed E-state index contributed by atoms with van der Waals surface area (Å²) in [6.45, 7) is 2.04. The normalized spacial score (nSPS) is 28.6. The number of carbonyl (C=O) groups excluding carboxylic acids is 2. The Morgan fingerprint density at radius 1 is 1.28 bits per heavy atom. The van der Waals surface area contributed by atoms with Crippen molar-refractivity contribution in [2.24, 2.45) is 11.8 Å². The van der Waals surface area contributed by atoms with Gasteiger partial charge in [0.05, 0.1) is 7.11 Å². The minimum atomic E-state index is -0.519. The number of likely N-dealkylation sites (tertiary alicyclic amines) is 1. The van der Waals surface area contributed by atoms with E-state index in [0.29, 0.717) is 36.9 Å². The molecule has 3 atom stereocenters. The standard InChI is InChI=1S/C19H23FN2O3/c1-25-17-6-5-13(8-15(17)20)19(24)21-9-12-7-14(11-21)16-3-2-4-18(23)22(16)10-12/h5-6,8,12,14,16H,2-4,7,9-11H2,1H3/t12?,14?,16-/m1/s1. The molecule has 3 saturated heterocycles. The Bertz CT molecular complexity index is 708. The molecule has 2 bridgehead atoms. The molecule has 5 nitrogen and oxygen atoms in total. The number of amides is 2. The monoisotopic (exact) mass is 346 g/mol. The smallest absolute Gasteiger partial charge is 0.253 e. The zero-order chi connectivity index (χ0) is 17.6. The van der Waals surface area contributed by atoms with E-state index >= 15 is 0 Å². The molecule has 2 unspecified atom stereocenters. The van der Waals surface area contributed by atoms with Gasteiger partial charge in [-0.05, 0) is 49.3 Å². The van der Waals surface area contributed by atoms with Crippen LogP contribution in [0.3, 0.4) is 0 Å². The van der Waals surface area contributed by atoms with Crippen LogP contribution in [0.1, 0.15) is 36.0 Å². The van der Waals surface area contributed by atoms with E-state index in [1.165, 1.54) is 19.2 Å². The van der Waals surface area contributed by atoms with Crippen LogP contribution < -0.4 is 4.74 Å². The average molecular weight is 346 g/mol. The van der Waals surface area contributed by atoms with E-state index in [9.17, 15) is 14.0 Å². The highest BCUT2D eigenvalue weighted by Crippen LogP contribution is 2.38. The fourth-order valence-electron chi connectivity index (χ4n) is 4.76. The van der Waals surface area contributed by atoms with Gasteiger partial charge in [0.2, 0.25) is 5.91 Å². The minimum Gasteiger partial charge on any atom is -0.494 e. The molecule has 0 spiro atoms. The van der Waals surface area contributed by atoms with Crippen molar-refractivity contribution in [1.82, 2.24) is 9.80 Å². The van der Waals surface area contributed by atoms with Crippen molar-refractivity contribution < 1.29 is 18.7 Å². The van der Waals surface area contributed by atoms with E-state index in [4.69, 9.17) is 4.74 Å². The number of benzene rings is 1. The molecule has 0 aromatic heterocycles. The van der Waals surface area contributed by atoms with E-state index in [0.717, 1.165) is 25.8 Å². The average Bonchev–Trinajstić information content (AvgIpc) is 2.62. The van der Waals surface area contributed by atoms with Crippen LogP contribution in [0.25, 0.3) is 0 Å². The molecular weight excluding hydrogens is 323 g/mol. The third kappa shape index (κ3) is 2.87. The van der Waals surface area contributed by atoms with E-state index in [1.54, 1.807) is 6.07 Å². The first kappa shape index (κ1) is 16.4. The number of rotatable bonds is 2. The van der Waals surface area contributed by atoms with Crippen LogP contribution in [0.5, 0.6) is 5.75 Å².